The summed E-state index contributed by atoms with van der Waals surface area (Å²) in [4.78, 5) is 12.5. The maximum atomic E-state index is 12.5. The molecule has 0 heterocycles. The van der Waals surface area contributed by atoms with Crippen molar-refractivity contribution in [3.63, 3.8) is 0 Å². The third-order valence-corrected chi connectivity index (χ3v) is 5.86. The predicted octanol–water partition coefficient (Wildman–Crippen LogP) is 4.73. The molecule has 0 radical (unpaired) electrons. The number of hydrogen-bond donors (Lipinski definition) is 2. The first-order chi connectivity index (χ1) is 11.8. The highest BCUT2D eigenvalue weighted by Crippen LogP contribution is 2.58. The van der Waals surface area contributed by atoms with Crippen molar-refractivity contribution in [3.8, 4) is 22.6 Å². The predicted molar refractivity (Wildman–Crippen MR) is 97.8 cm³/mol. The van der Waals surface area contributed by atoms with Crippen LogP contribution in [0.4, 0.5) is 0 Å². The zero-order valence-corrected chi connectivity index (χ0v) is 14.8. The van der Waals surface area contributed by atoms with E-state index >= 15 is 0 Å². The van der Waals surface area contributed by atoms with Gasteiger partial charge in [-0.2, -0.15) is 0 Å². The quantitative estimate of drug-likeness (QED) is 0.791. The zero-order chi connectivity index (χ0) is 17.8. The van der Waals surface area contributed by atoms with Gasteiger partial charge in [-0.1, -0.05) is 44.2 Å². The van der Waals surface area contributed by atoms with Crippen LogP contribution < -0.4 is 0 Å². The second-order valence-corrected chi connectivity index (χ2v) is 8.53. The number of phenolic OH excluding ortho intramolecular Hbond substituents is 2. The Hall–Kier alpha value is -2.29. The number of carbonyl (C=O) groups is 1. The first kappa shape index (κ1) is 16.2. The molecule has 1 fully saturated rings. The first-order valence-electron chi connectivity index (χ1n) is 8.97. The molecule has 1 saturated carbocycles. The van der Waals surface area contributed by atoms with E-state index in [4.69, 9.17) is 0 Å². The molecule has 25 heavy (non-hydrogen) atoms. The molecule has 4 rings (SSSR count). The van der Waals surface area contributed by atoms with Gasteiger partial charge in [0.25, 0.3) is 0 Å². The topological polar surface area (TPSA) is 57.5 Å². The van der Waals surface area contributed by atoms with Gasteiger partial charge in [0, 0.05) is 23.8 Å². The summed E-state index contributed by atoms with van der Waals surface area (Å²) in [5.74, 6) is 0.544. The van der Waals surface area contributed by atoms with Crippen LogP contribution in [-0.2, 0) is 16.6 Å². The van der Waals surface area contributed by atoms with E-state index in [9.17, 15) is 15.0 Å². The molecule has 0 amide bonds. The molecule has 2 aromatic carbocycles. The zero-order valence-electron chi connectivity index (χ0n) is 14.8. The molecule has 0 aliphatic heterocycles. The molecule has 2 aliphatic rings. The van der Waals surface area contributed by atoms with Crippen LogP contribution in [0.3, 0.4) is 0 Å². The molecular formula is C22H24O3. The highest BCUT2D eigenvalue weighted by molar-refractivity contribution is 5.85. The summed E-state index contributed by atoms with van der Waals surface area (Å²) in [6, 6.07) is 11.3. The molecule has 2 N–H and O–H groups in total. The number of rotatable bonds is 1. The van der Waals surface area contributed by atoms with Crippen molar-refractivity contribution in [2.24, 2.45) is 5.41 Å². The molecule has 0 aromatic heterocycles. The molecule has 2 aliphatic carbocycles. The Balaban J connectivity index is 1.92. The number of Topliss-reactive ketones (excluding diaryl/α,β-unsaturated/α-hetero) is 1. The van der Waals surface area contributed by atoms with Crippen LogP contribution in [0.25, 0.3) is 11.1 Å². The fourth-order valence-electron chi connectivity index (χ4n) is 5.25. The van der Waals surface area contributed by atoms with Crippen molar-refractivity contribution in [2.45, 2.75) is 51.4 Å². The van der Waals surface area contributed by atoms with Gasteiger partial charge < -0.3 is 10.2 Å². The van der Waals surface area contributed by atoms with Crippen LogP contribution in [-0.4, -0.2) is 16.0 Å². The molecule has 2 aromatic rings. The van der Waals surface area contributed by atoms with Gasteiger partial charge in [0.1, 0.15) is 17.3 Å². The first-order valence-corrected chi connectivity index (χ1v) is 8.97. The van der Waals surface area contributed by atoms with Gasteiger partial charge in [-0.3, -0.25) is 4.79 Å². The van der Waals surface area contributed by atoms with Crippen LogP contribution in [0, 0.1) is 5.41 Å². The second kappa shape index (κ2) is 5.35. The van der Waals surface area contributed by atoms with Crippen molar-refractivity contribution in [1.29, 1.82) is 0 Å². The van der Waals surface area contributed by atoms with Crippen molar-refractivity contribution in [1.82, 2.24) is 0 Å². The molecule has 0 unspecified atom stereocenters. The summed E-state index contributed by atoms with van der Waals surface area (Å²) in [6.45, 7) is 4.28. The van der Waals surface area contributed by atoms with E-state index in [1.54, 1.807) is 6.07 Å². The number of benzene rings is 2. The van der Waals surface area contributed by atoms with Crippen LogP contribution in [0.1, 0.15) is 50.7 Å². The van der Waals surface area contributed by atoms with Gasteiger partial charge in [0.15, 0.2) is 0 Å². The highest BCUT2D eigenvalue weighted by Gasteiger charge is 2.50. The molecule has 130 valence electrons. The van der Waals surface area contributed by atoms with E-state index in [1.807, 2.05) is 30.3 Å². The van der Waals surface area contributed by atoms with E-state index in [1.165, 1.54) is 0 Å². The van der Waals surface area contributed by atoms with Crippen molar-refractivity contribution in [2.75, 3.05) is 0 Å². The standard InChI is InChI=1S/C22H24O3/c1-21(2)11-16(23)12-22(13-21)9-8-15-10-17(24)18(20(25)19(15)22)14-6-4-3-5-7-14/h3-7,10,24-25H,8-9,11-13H2,1-2H3/t22-/m1/s1. The Kier molecular flexibility index (Phi) is 3.47. The highest BCUT2D eigenvalue weighted by atomic mass is 16.3. The largest absolute Gasteiger partial charge is 0.507 e. The molecule has 3 heteroatoms. The van der Waals surface area contributed by atoms with Crippen molar-refractivity contribution < 1.29 is 15.0 Å². The molecule has 0 bridgehead atoms. The van der Waals surface area contributed by atoms with Crippen LogP contribution >= 0.6 is 0 Å². The fourth-order valence-corrected chi connectivity index (χ4v) is 5.25. The third-order valence-electron chi connectivity index (χ3n) is 5.86. The number of carbonyl (C=O) groups excluding carboxylic acids is 1. The van der Waals surface area contributed by atoms with Gasteiger partial charge in [-0.25, -0.2) is 0 Å². The summed E-state index contributed by atoms with van der Waals surface area (Å²) < 4.78 is 0. The van der Waals surface area contributed by atoms with E-state index in [-0.39, 0.29) is 28.1 Å². The summed E-state index contributed by atoms with van der Waals surface area (Å²) in [5, 5.41) is 21.7. The lowest BCUT2D eigenvalue weighted by Crippen LogP contribution is -2.39. The van der Waals surface area contributed by atoms with E-state index < -0.39 is 0 Å². The summed E-state index contributed by atoms with van der Waals surface area (Å²) in [5.41, 5.74) is 2.80. The lowest BCUT2D eigenvalue weighted by atomic mass is 9.60. The van der Waals surface area contributed by atoms with Crippen molar-refractivity contribution in [3.05, 3.63) is 47.5 Å². The average molecular weight is 336 g/mol. The van der Waals surface area contributed by atoms with Crippen molar-refractivity contribution >= 4 is 5.78 Å². The minimum absolute atomic E-state index is 0.0613. The number of hydrogen-bond acceptors (Lipinski definition) is 3. The summed E-state index contributed by atoms with van der Waals surface area (Å²) >= 11 is 0. The van der Waals surface area contributed by atoms with Gasteiger partial charge in [-0.05, 0) is 41.9 Å². The Morgan fingerprint density at radius 2 is 1.76 bits per heavy atom. The molecule has 1 atom stereocenters. The van der Waals surface area contributed by atoms with Crippen LogP contribution in [0.2, 0.25) is 0 Å². The molecular weight excluding hydrogens is 312 g/mol. The minimum atomic E-state index is -0.296. The van der Waals surface area contributed by atoms with Gasteiger partial charge in [0.05, 0.1) is 5.56 Å². The fraction of sp³-hybridized carbons (Fsp3) is 0.409. The molecule has 0 saturated heterocycles. The van der Waals surface area contributed by atoms with Crippen LogP contribution in [0.5, 0.6) is 11.5 Å². The van der Waals surface area contributed by atoms with Gasteiger partial charge in [-0.15, -0.1) is 0 Å². The SMILES string of the molecule is CC1(C)CC(=O)C[C@]2(CCc3cc(O)c(-c4ccccc4)c(O)c32)C1. The number of aryl methyl sites for hydroxylation is 1. The Bertz CT molecular complexity index is 851. The lowest BCUT2D eigenvalue weighted by Gasteiger charge is -2.43. The Labute approximate surface area is 148 Å². The van der Waals surface area contributed by atoms with Gasteiger partial charge in [0.2, 0.25) is 0 Å². The minimum Gasteiger partial charge on any atom is -0.507 e. The normalized spacial score (nSPS) is 24.5. The summed E-state index contributed by atoms with van der Waals surface area (Å²) in [7, 11) is 0. The maximum absolute atomic E-state index is 12.5. The monoisotopic (exact) mass is 336 g/mol. The average Bonchev–Trinajstić information content (AvgIpc) is 2.83. The number of phenols is 2. The van der Waals surface area contributed by atoms with E-state index in [0.29, 0.717) is 18.4 Å². The van der Waals surface area contributed by atoms with Crippen LogP contribution in [0.15, 0.2) is 36.4 Å². The number of aromatic hydroxyl groups is 2. The molecule has 1 spiro atoms. The van der Waals surface area contributed by atoms with E-state index in [0.717, 1.165) is 36.0 Å². The summed E-state index contributed by atoms with van der Waals surface area (Å²) in [6.07, 6.45) is 3.66. The Morgan fingerprint density at radius 1 is 1.04 bits per heavy atom. The third kappa shape index (κ3) is 2.53. The smallest absolute Gasteiger partial charge is 0.134 e. The molecule has 3 nitrogen and oxygen atoms in total. The Morgan fingerprint density at radius 3 is 2.44 bits per heavy atom. The maximum Gasteiger partial charge on any atom is 0.134 e. The number of ketones is 1. The van der Waals surface area contributed by atoms with E-state index in [2.05, 4.69) is 13.8 Å². The number of fused-ring (bicyclic) bond motifs is 2. The van der Waals surface area contributed by atoms with Gasteiger partial charge >= 0.3 is 0 Å². The second-order valence-electron chi connectivity index (χ2n) is 8.53. The lowest BCUT2D eigenvalue weighted by molar-refractivity contribution is -0.125.